The second-order valence-electron chi connectivity index (χ2n) is 9.92. The smallest absolute Gasteiger partial charge is 0.227 e. The van der Waals surface area contributed by atoms with E-state index in [1.807, 2.05) is 32.9 Å². The Morgan fingerprint density at radius 2 is 2.03 bits per heavy atom. The van der Waals surface area contributed by atoms with Crippen LogP contribution in [-0.2, 0) is 11.3 Å². The maximum atomic E-state index is 9.79. The highest BCUT2D eigenvalue weighted by atomic mass is 35.5. The van der Waals surface area contributed by atoms with Crippen molar-refractivity contribution in [2.75, 3.05) is 56.6 Å². The van der Waals surface area contributed by atoms with Gasteiger partial charge >= 0.3 is 0 Å². The number of aromatic nitrogens is 4. The summed E-state index contributed by atoms with van der Waals surface area (Å²) in [5.41, 5.74) is 4.00. The summed E-state index contributed by atoms with van der Waals surface area (Å²) in [6.45, 7) is 11.3. The number of morpholine rings is 1. The van der Waals surface area contributed by atoms with E-state index in [9.17, 15) is 10.4 Å². The fourth-order valence-corrected chi connectivity index (χ4v) is 4.24. The molecule has 10 nitrogen and oxygen atoms in total. The van der Waals surface area contributed by atoms with Gasteiger partial charge in [0.15, 0.2) is 5.15 Å². The molecule has 0 unspecified atom stereocenters. The minimum atomic E-state index is -0.303. The fourth-order valence-electron chi connectivity index (χ4n) is 4.01. The van der Waals surface area contributed by atoms with E-state index in [0.717, 1.165) is 49.7 Å². The summed E-state index contributed by atoms with van der Waals surface area (Å²) < 4.78 is 7.16. The highest BCUT2D eigenvalue weighted by molar-refractivity contribution is 6.32. The predicted molar refractivity (Wildman–Crippen MR) is 144 cm³/mol. The van der Waals surface area contributed by atoms with Crippen molar-refractivity contribution in [1.82, 2.24) is 24.6 Å². The minimum absolute atomic E-state index is 0.0481. The van der Waals surface area contributed by atoms with Crippen LogP contribution in [0.5, 0.6) is 0 Å². The van der Waals surface area contributed by atoms with Gasteiger partial charge in [-0.25, -0.2) is 9.97 Å². The molecule has 0 spiro atoms. The Morgan fingerprint density at radius 3 is 2.76 bits per heavy atom. The van der Waals surface area contributed by atoms with E-state index in [1.165, 1.54) is 0 Å². The Labute approximate surface area is 222 Å². The molecule has 1 fully saturated rings. The van der Waals surface area contributed by atoms with Crippen LogP contribution in [0.4, 0.5) is 17.3 Å². The van der Waals surface area contributed by atoms with Gasteiger partial charge in [0.1, 0.15) is 6.07 Å². The number of nitriles is 1. The monoisotopic (exact) mass is 524 g/mol. The molecule has 0 atom stereocenters. The SMILES string of the molecule is Cc1cc(-c2ccnc(Nc3cnn(CCN4CCOCC4)c3Cl)n2)cc(C#N)c1NCC(C)(C)CO. The van der Waals surface area contributed by atoms with Crippen LogP contribution in [0, 0.1) is 23.7 Å². The van der Waals surface area contributed by atoms with Gasteiger partial charge in [0.2, 0.25) is 5.95 Å². The zero-order valence-corrected chi connectivity index (χ0v) is 22.2. The molecule has 3 heterocycles. The van der Waals surface area contributed by atoms with E-state index in [-0.39, 0.29) is 12.0 Å². The maximum Gasteiger partial charge on any atom is 0.227 e. The van der Waals surface area contributed by atoms with Gasteiger partial charge in [0, 0.05) is 50.0 Å². The molecule has 11 heteroatoms. The molecule has 1 aliphatic heterocycles. The molecule has 0 amide bonds. The number of hydrogen-bond donors (Lipinski definition) is 3. The summed E-state index contributed by atoms with van der Waals surface area (Å²) in [4.78, 5) is 11.3. The molecule has 2 aromatic heterocycles. The molecule has 37 heavy (non-hydrogen) atoms. The molecular formula is C26H33ClN8O2. The number of anilines is 3. The maximum absolute atomic E-state index is 9.79. The van der Waals surface area contributed by atoms with Gasteiger partial charge in [-0.15, -0.1) is 0 Å². The molecule has 1 aromatic carbocycles. The number of halogens is 1. The van der Waals surface area contributed by atoms with E-state index in [4.69, 9.17) is 16.3 Å². The molecule has 0 bridgehead atoms. The van der Waals surface area contributed by atoms with Crippen LogP contribution in [-0.4, -0.2) is 75.8 Å². The topological polar surface area (TPSA) is 124 Å². The normalized spacial score (nSPS) is 14.4. The minimum Gasteiger partial charge on any atom is -0.396 e. The summed E-state index contributed by atoms with van der Waals surface area (Å²) >= 11 is 6.58. The first-order valence-electron chi connectivity index (χ1n) is 12.3. The number of benzene rings is 1. The standard InChI is InChI=1S/C26H33ClN8O2/c1-18-12-19(13-20(14-28)23(18)30-16-26(2,3)17-36)21-4-5-29-25(32-21)33-22-15-31-35(24(22)27)7-6-34-8-10-37-11-9-34/h4-5,12-13,15,30,36H,6-11,16-17H2,1-3H3,(H,29,32,33). The Balaban J connectivity index is 1.48. The number of rotatable bonds is 10. The molecule has 1 aliphatic rings. The predicted octanol–water partition coefficient (Wildman–Crippen LogP) is 3.68. The van der Waals surface area contributed by atoms with Crippen molar-refractivity contribution in [3.63, 3.8) is 0 Å². The van der Waals surface area contributed by atoms with Crippen molar-refractivity contribution in [1.29, 1.82) is 5.26 Å². The summed E-state index contributed by atoms with van der Waals surface area (Å²) in [5, 5.41) is 30.7. The first-order chi connectivity index (χ1) is 17.8. The van der Waals surface area contributed by atoms with Crippen LogP contribution >= 0.6 is 11.6 Å². The van der Waals surface area contributed by atoms with Crippen molar-refractivity contribution in [3.05, 3.63) is 46.9 Å². The van der Waals surface area contributed by atoms with E-state index < -0.39 is 0 Å². The second kappa shape index (κ2) is 11.9. The van der Waals surface area contributed by atoms with E-state index in [2.05, 4.69) is 36.7 Å². The number of aliphatic hydroxyl groups excluding tert-OH is 1. The van der Waals surface area contributed by atoms with E-state index in [1.54, 1.807) is 23.1 Å². The lowest BCUT2D eigenvalue weighted by atomic mass is 9.94. The largest absolute Gasteiger partial charge is 0.396 e. The summed E-state index contributed by atoms with van der Waals surface area (Å²) in [6, 6.07) is 7.87. The van der Waals surface area contributed by atoms with Gasteiger partial charge in [-0.1, -0.05) is 25.4 Å². The average molecular weight is 525 g/mol. The zero-order chi connectivity index (χ0) is 26.4. The Morgan fingerprint density at radius 1 is 1.24 bits per heavy atom. The molecule has 4 rings (SSSR count). The molecule has 1 saturated heterocycles. The quantitative estimate of drug-likeness (QED) is 0.364. The highest BCUT2D eigenvalue weighted by Gasteiger charge is 2.19. The van der Waals surface area contributed by atoms with Crippen LogP contribution in [0.3, 0.4) is 0 Å². The fraction of sp³-hybridized carbons (Fsp3) is 0.462. The third-order valence-electron chi connectivity index (χ3n) is 6.33. The van der Waals surface area contributed by atoms with Crippen molar-refractivity contribution in [2.24, 2.45) is 5.41 Å². The number of ether oxygens (including phenoxy) is 1. The van der Waals surface area contributed by atoms with Gasteiger partial charge in [0.25, 0.3) is 0 Å². The van der Waals surface area contributed by atoms with Gasteiger partial charge < -0.3 is 20.5 Å². The number of nitrogens with one attached hydrogen (secondary N) is 2. The lowest BCUT2D eigenvalue weighted by Gasteiger charge is -2.26. The molecule has 0 saturated carbocycles. The molecular weight excluding hydrogens is 492 g/mol. The first-order valence-corrected chi connectivity index (χ1v) is 12.7. The summed E-state index contributed by atoms with van der Waals surface area (Å²) in [7, 11) is 0. The van der Waals surface area contributed by atoms with Gasteiger partial charge in [-0.2, -0.15) is 10.4 Å². The average Bonchev–Trinajstić information content (AvgIpc) is 3.25. The Bertz CT molecular complexity index is 1260. The van der Waals surface area contributed by atoms with Gasteiger partial charge in [0.05, 0.1) is 48.6 Å². The molecule has 0 aliphatic carbocycles. The molecule has 3 aromatic rings. The van der Waals surface area contributed by atoms with E-state index in [0.29, 0.717) is 41.1 Å². The number of hydrogen-bond acceptors (Lipinski definition) is 9. The van der Waals surface area contributed by atoms with E-state index >= 15 is 0 Å². The van der Waals surface area contributed by atoms with Crippen molar-refractivity contribution >= 4 is 28.9 Å². The van der Waals surface area contributed by atoms with Gasteiger partial charge in [-0.3, -0.25) is 9.58 Å². The summed E-state index contributed by atoms with van der Waals surface area (Å²) in [6.07, 6.45) is 3.34. The van der Waals surface area contributed by atoms with Crippen LogP contribution in [0.15, 0.2) is 30.6 Å². The second-order valence-corrected chi connectivity index (χ2v) is 10.3. The number of aliphatic hydroxyl groups is 1. The zero-order valence-electron chi connectivity index (χ0n) is 21.5. The third kappa shape index (κ3) is 6.76. The molecule has 3 N–H and O–H groups in total. The summed E-state index contributed by atoms with van der Waals surface area (Å²) in [5.74, 6) is 0.384. The third-order valence-corrected chi connectivity index (χ3v) is 6.73. The van der Waals surface area contributed by atoms with Crippen LogP contribution in [0.1, 0.15) is 25.0 Å². The lowest BCUT2D eigenvalue weighted by Crippen LogP contribution is -2.38. The highest BCUT2D eigenvalue weighted by Crippen LogP contribution is 2.30. The van der Waals surface area contributed by atoms with Crippen LogP contribution in [0.25, 0.3) is 11.3 Å². The van der Waals surface area contributed by atoms with Crippen molar-refractivity contribution < 1.29 is 9.84 Å². The van der Waals surface area contributed by atoms with Crippen LogP contribution in [0.2, 0.25) is 5.15 Å². The Kier molecular flexibility index (Phi) is 8.61. The van der Waals surface area contributed by atoms with Crippen molar-refractivity contribution in [3.8, 4) is 17.3 Å². The van der Waals surface area contributed by atoms with Crippen molar-refractivity contribution in [2.45, 2.75) is 27.3 Å². The lowest BCUT2D eigenvalue weighted by molar-refractivity contribution is 0.0360. The van der Waals surface area contributed by atoms with Gasteiger partial charge in [-0.05, 0) is 30.7 Å². The number of aryl methyl sites for hydroxylation is 1. The number of nitrogens with zero attached hydrogens (tertiary/aromatic N) is 6. The molecule has 196 valence electrons. The van der Waals surface area contributed by atoms with Crippen LogP contribution < -0.4 is 10.6 Å². The Hall–Kier alpha value is -3.23. The molecule has 0 radical (unpaired) electrons. The first kappa shape index (κ1) is 26.8.